The van der Waals surface area contributed by atoms with Gasteiger partial charge in [-0.25, -0.2) is 4.79 Å². The van der Waals surface area contributed by atoms with Gasteiger partial charge < -0.3 is 15.3 Å². The summed E-state index contributed by atoms with van der Waals surface area (Å²) in [5.41, 5.74) is 0. The average molecular weight is 450 g/mol. The summed E-state index contributed by atoms with van der Waals surface area (Å²) in [4.78, 5) is 28.8. The summed E-state index contributed by atoms with van der Waals surface area (Å²) in [5, 5.41) is 11.3. The molecule has 184 valence electrons. The van der Waals surface area contributed by atoms with Gasteiger partial charge in [-0.15, -0.1) is 0 Å². The number of hydrogen-bond acceptors (Lipinski definition) is 4. The molecule has 0 spiro atoms. The van der Waals surface area contributed by atoms with Gasteiger partial charge in [-0.3, -0.25) is 9.79 Å². The number of nitrogens with one attached hydrogen (secondary N) is 1. The Morgan fingerprint density at radius 3 is 1.94 bits per heavy atom. The summed E-state index contributed by atoms with van der Waals surface area (Å²) in [5.74, 6) is -0.319. The molecular weight excluding hydrogens is 402 g/mol. The van der Waals surface area contributed by atoms with E-state index >= 15 is 0 Å². The molecule has 0 saturated carbocycles. The van der Waals surface area contributed by atoms with Crippen LogP contribution in [0.15, 0.2) is 17.1 Å². The van der Waals surface area contributed by atoms with Crippen molar-refractivity contribution < 1.29 is 14.7 Å². The monoisotopic (exact) mass is 449 g/mol. The number of nitrogens with zero attached hydrogens (tertiary/aromatic N) is 2. The molecule has 0 unspecified atom stereocenters. The summed E-state index contributed by atoms with van der Waals surface area (Å²) in [6, 6.07) is 0. The fourth-order valence-electron chi connectivity index (χ4n) is 4.18. The zero-order valence-electron chi connectivity index (χ0n) is 20.5. The van der Waals surface area contributed by atoms with Crippen molar-refractivity contribution >= 4 is 17.7 Å². The van der Waals surface area contributed by atoms with E-state index in [2.05, 4.69) is 22.1 Å². The van der Waals surface area contributed by atoms with E-state index in [1.165, 1.54) is 96.3 Å². The van der Waals surface area contributed by atoms with Crippen molar-refractivity contribution in [1.29, 1.82) is 0 Å². The molecule has 1 heterocycles. The SMILES string of the molecule is CCCCCCCCCCCCCCCCCC1=NCCN1CCNC(=O)/C=C\C(=O)O. The first-order chi connectivity index (χ1) is 15.6. The lowest BCUT2D eigenvalue weighted by atomic mass is 10.0. The lowest BCUT2D eigenvalue weighted by Gasteiger charge is -2.20. The van der Waals surface area contributed by atoms with E-state index in [9.17, 15) is 9.59 Å². The highest BCUT2D eigenvalue weighted by atomic mass is 16.4. The summed E-state index contributed by atoms with van der Waals surface area (Å²) >= 11 is 0. The van der Waals surface area contributed by atoms with Gasteiger partial charge in [0.1, 0.15) is 0 Å². The maximum atomic E-state index is 11.5. The molecule has 0 aliphatic carbocycles. The van der Waals surface area contributed by atoms with Gasteiger partial charge in [0.15, 0.2) is 0 Å². The van der Waals surface area contributed by atoms with E-state index in [0.29, 0.717) is 6.54 Å². The minimum atomic E-state index is -1.11. The Morgan fingerprint density at radius 2 is 1.41 bits per heavy atom. The predicted molar refractivity (Wildman–Crippen MR) is 133 cm³/mol. The molecule has 0 saturated heterocycles. The van der Waals surface area contributed by atoms with Crippen LogP contribution in [0, 0.1) is 0 Å². The Bertz CT molecular complexity index is 561. The van der Waals surface area contributed by atoms with Gasteiger partial charge >= 0.3 is 5.97 Å². The number of carboxylic acid groups (broad SMARTS) is 1. The first-order valence-electron chi connectivity index (χ1n) is 13.1. The number of carbonyl (C=O) groups is 2. The van der Waals surface area contributed by atoms with Crippen molar-refractivity contribution in [3.63, 3.8) is 0 Å². The molecule has 1 aliphatic heterocycles. The summed E-state index contributed by atoms with van der Waals surface area (Å²) in [6.07, 6.45) is 23.5. The number of aliphatic imine (C=N–C) groups is 1. The van der Waals surface area contributed by atoms with E-state index < -0.39 is 5.97 Å². The maximum absolute atomic E-state index is 11.5. The average Bonchev–Trinajstić information content (AvgIpc) is 3.22. The van der Waals surface area contributed by atoms with Crippen LogP contribution in [-0.2, 0) is 9.59 Å². The van der Waals surface area contributed by atoms with E-state index in [1.54, 1.807) is 0 Å². The second-order valence-electron chi connectivity index (χ2n) is 8.95. The molecule has 0 aromatic rings. The fourth-order valence-corrected chi connectivity index (χ4v) is 4.18. The molecule has 0 fully saturated rings. The largest absolute Gasteiger partial charge is 0.478 e. The zero-order chi connectivity index (χ0) is 23.3. The minimum absolute atomic E-state index is 0.368. The van der Waals surface area contributed by atoms with E-state index in [4.69, 9.17) is 5.11 Å². The number of amidine groups is 1. The van der Waals surface area contributed by atoms with Gasteiger partial charge in [0.25, 0.3) is 0 Å². The normalized spacial score (nSPS) is 13.7. The fraction of sp³-hybridized carbons (Fsp3) is 0.808. The Balaban J connectivity index is 1.92. The number of rotatable bonds is 21. The maximum Gasteiger partial charge on any atom is 0.328 e. The third kappa shape index (κ3) is 15.9. The van der Waals surface area contributed by atoms with Crippen LogP contribution in [0.5, 0.6) is 0 Å². The van der Waals surface area contributed by atoms with Crippen molar-refractivity contribution in [2.24, 2.45) is 4.99 Å². The van der Waals surface area contributed by atoms with Crippen molar-refractivity contribution in [2.45, 2.75) is 110 Å². The zero-order valence-corrected chi connectivity index (χ0v) is 20.5. The lowest BCUT2D eigenvalue weighted by molar-refractivity contribution is -0.131. The number of carbonyl (C=O) groups excluding carboxylic acids is 1. The van der Waals surface area contributed by atoms with Crippen LogP contribution in [0.2, 0.25) is 0 Å². The second kappa shape index (κ2) is 19.8. The third-order valence-corrected chi connectivity index (χ3v) is 6.09. The Morgan fingerprint density at radius 1 is 0.875 bits per heavy atom. The molecule has 32 heavy (non-hydrogen) atoms. The highest BCUT2D eigenvalue weighted by Gasteiger charge is 2.15. The predicted octanol–water partition coefficient (Wildman–Crippen LogP) is 5.72. The first kappa shape index (κ1) is 28.2. The number of carboxylic acids is 1. The van der Waals surface area contributed by atoms with E-state index in [-0.39, 0.29) is 5.91 Å². The summed E-state index contributed by atoms with van der Waals surface area (Å²) in [6.45, 7) is 5.25. The second-order valence-corrected chi connectivity index (χ2v) is 8.95. The van der Waals surface area contributed by atoms with Crippen LogP contribution in [-0.4, -0.2) is 53.9 Å². The molecule has 0 bridgehead atoms. The first-order valence-corrected chi connectivity index (χ1v) is 13.1. The van der Waals surface area contributed by atoms with Gasteiger partial charge in [0.05, 0.1) is 12.4 Å². The number of aliphatic carboxylic acids is 1. The quantitative estimate of drug-likeness (QED) is 0.173. The van der Waals surface area contributed by atoms with Gasteiger partial charge in [-0.1, -0.05) is 96.8 Å². The van der Waals surface area contributed by atoms with E-state index in [0.717, 1.165) is 44.0 Å². The highest BCUT2D eigenvalue weighted by molar-refractivity contribution is 5.93. The smallest absolute Gasteiger partial charge is 0.328 e. The van der Waals surface area contributed by atoms with Gasteiger partial charge in [0, 0.05) is 38.2 Å². The van der Waals surface area contributed by atoms with Gasteiger partial charge in [-0.05, 0) is 6.42 Å². The van der Waals surface area contributed by atoms with Gasteiger partial charge in [-0.2, -0.15) is 0 Å². The molecule has 1 rings (SSSR count). The molecule has 1 aliphatic rings. The third-order valence-electron chi connectivity index (χ3n) is 6.09. The van der Waals surface area contributed by atoms with Crippen molar-refractivity contribution in [3.05, 3.63) is 12.2 Å². The topological polar surface area (TPSA) is 82.0 Å². The molecule has 0 aromatic carbocycles. The number of amides is 1. The summed E-state index contributed by atoms with van der Waals surface area (Å²) in [7, 11) is 0. The van der Waals surface area contributed by atoms with E-state index in [1.807, 2.05) is 0 Å². The van der Waals surface area contributed by atoms with Crippen LogP contribution in [0.1, 0.15) is 110 Å². The van der Waals surface area contributed by atoms with Crippen LogP contribution >= 0.6 is 0 Å². The molecular formula is C26H47N3O3. The van der Waals surface area contributed by atoms with Crippen LogP contribution in [0.25, 0.3) is 0 Å². The van der Waals surface area contributed by atoms with Crippen LogP contribution in [0.4, 0.5) is 0 Å². The Hall–Kier alpha value is -1.85. The lowest BCUT2D eigenvalue weighted by Crippen LogP contribution is -2.36. The number of hydrogen-bond donors (Lipinski definition) is 2. The number of unbranched alkanes of at least 4 members (excludes halogenated alkanes) is 14. The van der Waals surface area contributed by atoms with Crippen molar-refractivity contribution in [1.82, 2.24) is 10.2 Å². The van der Waals surface area contributed by atoms with Crippen molar-refractivity contribution in [2.75, 3.05) is 26.2 Å². The highest BCUT2D eigenvalue weighted by Crippen LogP contribution is 2.15. The minimum Gasteiger partial charge on any atom is -0.478 e. The molecule has 0 radical (unpaired) electrons. The molecule has 0 atom stereocenters. The van der Waals surface area contributed by atoms with Gasteiger partial charge in [0.2, 0.25) is 5.91 Å². The van der Waals surface area contributed by atoms with Crippen molar-refractivity contribution in [3.8, 4) is 0 Å². The molecule has 2 N–H and O–H groups in total. The molecule has 6 nitrogen and oxygen atoms in total. The molecule has 6 heteroatoms. The standard InChI is InChI=1S/C26H47N3O3/c1-2-3-4-5-6-7-8-9-10-11-12-13-14-15-16-17-24-27-20-22-29(24)23-21-28-25(30)18-19-26(31)32/h18-19H,2-17,20-23H2,1H3,(H,28,30)(H,31,32)/b19-18-. The molecule has 0 aromatic heterocycles. The van der Waals surface area contributed by atoms with Crippen LogP contribution in [0.3, 0.4) is 0 Å². The van der Waals surface area contributed by atoms with Crippen LogP contribution < -0.4 is 5.32 Å². The molecule has 1 amide bonds. The Kier molecular flexibility index (Phi) is 17.4. The Labute approximate surface area is 195 Å². The summed E-state index contributed by atoms with van der Waals surface area (Å²) < 4.78 is 0.